The van der Waals surface area contributed by atoms with Crippen LogP contribution in [0.3, 0.4) is 0 Å². The van der Waals surface area contributed by atoms with E-state index in [4.69, 9.17) is 10.2 Å². The van der Waals surface area contributed by atoms with Gasteiger partial charge in [-0.25, -0.2) is 0 Å². The number of hydrogen-bond acceptors (Lipinski definition) is 3. The van der Waals surface area contributed by atoms with Gasteiger partial charge in [0.2, 0.25) is 0 Å². The first kappa shape index (κ1) is 16.3. The molecule has 0 radical (unpaired) electrons. The van der Waals surface area contributed by atoms with E-state index in [1.165, 1.54) is 0 Å². The molecule has 1 aliphatic rings. The lowest BCUT2D eigenvalue weighted by molar-refractivity contribution is 0.0903. The lowest BCUT2D eigenvalue weighted by Gasteiger charge is -2.18. The second kappa shape index (κ2) is 6.81. The molecule has 1 saturated carbocycles. The monoisotopic (exact) mass is 372 g/mol. The Labute approximate surface area is 138 Å². The number of benzene rings is 1. The van der Waals surface area contributed by atoms with Gasteiger partial charge in [-0.1, -0.05) is 22.4 Å². The molecule has 114 valence electrons. The molecule has 1 fully saturated rings. The van der Waals surface area contributed by atoms with Crippen molar-refractivity contribution in [2.24, 2.45) is 11.7 Å². The molecule has 0 aliphatic heterocycles. The van der Waals surface area contributed by atoms with Gasteiger partial charge in [-0.15, -0.1) is 12.4 Å². The largest absolute Gasteiger partial charge is 0.451 e. The fourth-order valence-corrected chi connectivity index (χ4v) is 3.25. The number of hydrogen-bond donors (Lipinski definition) is 2. The van der Waals surface area contributed by atoms with E-state index < -0.39 is 0 Å². The summed E-state index contributed by atoms with van der Waals surface area (Å²) in [5.41, 5.74) is 6.46. The van der Waals surface area contributed by atoms with Crippen LogP contribution < -0.4 is 11.1 Å². The first-order valence-corrected chi connectivity index (χ1v) is 7.66. The highest BCUT2D eigenvalue weighted by molar-refractivity contribution is 9.10. The molecule has 0 bridgehead atoms. The molecule has 0 saturated heterocycles. The van der Waals surface area contributed by atoms with E-state index >= 15 is 0 Å². The third-order valence-corrected chi connectivity index (χ3v) is 4.47. The highest BCUT2D eigenvalue weighted by Gasteiger charge is 2.28. The third kappa shape index (κ3) is 3.42. The highest BCUT2D eigenvalue weighted by Crippen LogP contribution is 2.26. The van der Waals surface area contributed by atoms with Crippen LogP contribution in [0.1, 0.15) is 29.8 Å². The van der Waals surface area contributed by atoms with Crippen molar-refractivity contribution in [1.29, 1.82) is 0 Å². The van der Waals surface area contributed by atoms with E-state index in [0.29, 0.717) is 18.2 Å². The van der Waals surface area contributed by atoms with Gasteiger partial charge in [0.1, 0.15) is 5.58 Å². The number of amides is 1. The summed E-state index contributed by atoms with van der Waals surface area (Å²) in [6.45, 7) is 0.623. The summed E-state index contributed by atoms with van der Waals surface area (Å²) in [6, 6.07) is 7.64. The Morgan fingerprint density at radius 1 is 1.38 bits per heavy atom. The molecule has 3 rings (SSSR count). The predicted octanol–water partition coefficient (Wildman–Crippen LogP) is 3.47. The molecular formula is C15H18BrClN2O2. The summed E-state index contributed by atoms with van der Waals surface area (Å²) in [5.74, 6) is 0.598. The molecule has 4 nitrogen and oxygen atoms in total. The second-order valence-corrected chi connectivity index (χ2v) is 6.22. The normalized spacial score (nSPS) is 21.2. The molecule has 3 N–H and O–H groups in total. The highest BCUT2D eigenvalue weighted by atomic mass is 79.9. The number of halogens is 2. The van der Waals surface area contributed by atoms with E-state index in [9.17, 15) is 4.79 Å². The Hall–Kier alpha value is -1.04. The van der Waals surface area contributed by atoms with Crippen molar-refractivity contribution in [2.45, 2.75) is 25.3 Å². The van der Waals surface area contributed by atoms with Crippen LogP contribution >= 0.6 is 28.3 Å². The first-order chi connectivity index (χ1) is 9.67. The van der Waals surface area contributed by atoms with E-state index in [-0.39, 0.29) is 24.4 Å². The maximum absolute atomic E-state index is 12.3. The standard InChI is InChI=1S/C15H17BrN2O2.ClH/c16-11-4-5-13-10(6-11)7-14(20-13)15(19)18-12-3-1-2-9(12)8-17;/h4-7,9,12H,1-3,8,17H2,(H,18,19);1H. The van der Waals surface area contributed by atoms with Crippen LogP contribution in [0.5, 0.6) is 0 Å². The quantitative estimate of drug-likeness (QED) is 0.865. The van der Waals surface area contributed by atoms with Gasteiger partial charge in [0, 0.05) is 15.9 Å². The smallest absolute Gasteiger partial charge is 0.287 e. The van der Waals surface area contributed by atoms with E-state index in [0.717, 1.165) is 34.7 Å². The van der Waals surface area contributed by atoms with Crippen molar-refractivity contribution in [3.8, 4) is 0 Å². The first-order valence-electron chi connectivity index (χ1n) is 6.87. The maximum atomic E-state index is 12.3. The number of nitrogens with one attached hydrogen (secondary N) is 1. The summed E-state index contributed by atoms with van der Waals surface area (Å²) < 4.78 is 6.57. The van der Waals surface area contributed by atoms with Gasteiger partial charge in [0.25, 0.3) is 5.91 Å². The lowest BCUT2D eigenvalue weighted by Crippen LogP contribution is -2.39. The molecule has 2 aromatic rings. The molecule has 0 spiro atoms. The van der Waals surface area contributed by atoms with Gasteiger partial charge in [0.05, 0.1) is 0 Å². The van der Waals surface area contributed by atoms with Crippen LogP contribution in [0, 0.1) is 5.92 Å². The van der Waals surface area contributed by atoms with Crippen LogP contribution in [0.4, 0.5) is 0 Å². The zero-order chi connectivity index (χ0) is 14.1. The van der Waals surface area contributed by atoms with Gasteiger partial charge >= 0.3 is 0 Å². The summed E-state index contributed by atoms with van der Waals surface area (Å²) >= 11 is 3.41. The Bertz CT molecular complexity index is 644. The van der Waals surface area contributed by atoms with Crippen LogP contribution in [0.15, 0.2) is 33.2 Å². The van der Waals surface area contributed by atoms with E-state index in [1.807, 2.05) is 18.2 Å². The number of carbonyl (C=O) groups excluding carboxylic acids is 1. The Kier molecular flexibility index (Phi) is 5.30. The Morgan fingerprint density at radius 3 is 2.95 bits per heavy atom. The van der Waals surface area contributed by atoms with Crippen molar-refractivity contribution in [1.82, 2.24) is 5.32 Å². The molecule has 21 heavy (non-hydrogen) atoms. The second-order valence-electron chi connectivity index (χ2n) is 5.30. The molecule has 6 heteroatoms. The van der Waals surface area contributed by atoms with Gasteiger partial charge in [-0.3, -0.25) is 4.79 Å². The molecule has 2 unspecified atom stereocenters. The fraction of sp³-hybridized carbons (Fsp3) is 0.400. The van der Waals surface area contributed by atoms with Crippen LogP contribution in [-0.2, 0) is 0 Å². The summed E-state index contributed by atoms with van der Waals surface area (Å²) in [4.78, 5) is 12.3. The average Bonchev–Trinajstić information content (AvgIpc) is 3.04. The van der Waals surface area contributed by atoms with Gasteiger partial charge in [-0.2, -0.15) is 0 Å². The number of carbonyl (C=O) groups is 1. The predicted molar refractivity (Wildman–Crippen MR) is 88.8 cm³/mol. The molecule has 1 aromatic heterocycles. The van der Waals surface area contributed by atoms with E-state index in [1.54, 1.807) is 6.07 Å². The summed E-state index contributed by atoms with van der Waals surface area (Å²) in [5, 5.41) is 3.97. The van der Waals surface area contributed by atoms with Crippen molar-refractivity contribution >= 4 is 45.2 Å². The number of nitrogens with two attached hydrogens (primary N) is 1. The minimum atomic E-state index is -0.150. The molecule has 1 amide bonds. The Balaban J connectivity index is 0.00000161. The topological polar surface area (TPSA) is 68.3 Å². The lowest BCUT2D eigenvalue weighted by atomic mass is 10.0. The molecule has 1 aromatic carbocycles. The third-order valence-electron chi connectivity index (χ3n) is 3.98. The SMILES string of the molecule is Cl.NCC1CCCC1NC(=O)c1cc2cc(Br)ccc2o1. The van der Waals surface area contributed by atoms with Crippen LogP contribution in [0.25, 0.3) is 11.0 Å². The maximum Gasteiger partial charge on any atom is 0.287 e. The van der Waals surface area contributed by atoms with Gasteiger partial charge in [-0.05, 0) is 49.6 Å². The van der Waals surface area contributed by atoms with Gasteiger partial charge < -0.3 is 15.5 Å². The molecule has 2 atom stereocenters. The minimum absolute atomic E-state index is 0. The number of rotatable bonds is 3. The van der Waals surface area contributed by atoms with Crippen molar-refractivity contribution in [2.75, 3.05) is 6.54 Å². The zero-order valence-corrected chi connectivity index (χ0v) is 13.9. The molecular weight excluding hydrogens is 356 g/mol. The summed E-state index contributed by atoms with van der Waals surface area (Å²) in [6.07, 6.45) is 3.22. The van der Waals surface area contributed by atoms with Crippen molar-refractivity contribution in [3.63, 3.8) is 0 Å². The summed E-state index contributed by atoms with van der Waals surface area (Å²) in [7, 11) is 0. The van der Waals surface area contributed by atoms with Crippen molar-refractivity contribution < 1.29 is 9.21 Å². The number of fused-ring (bicyclic) bond motifs is 1. The molecule has 1 aliphatic carbocycles. The van der Waals surface area contributed by atoms with Crippen LogP contribution in [-0.4, -0.2) is 18.5 Å². The number of furan rings is 1. The van der Waals surface area contributed by atoms with Crippen molar-refractivity contribution in [3.05, 3.63) is 34.5 Å². The van der Waals surface area contributed by atoms with Crippen LogP contribution in [0.2, 0.25) is 0 Å². The van der Waals surface area contributed by atoms with Gasteiger partial charge in [0.15, 0.2) is 5.76 Å². The molecule has 1 heterocycles. The Morgan fingerprint density at radius 2 is 2.19 bits per heavy atom. The fourth-order valence-electron chi connectivity index (χ4n) is 2.87. The van der Waals surface area contributed by atoms with E-state index in [2.05, 4.69) is 21.2 Å². The zero-order valence-electron chi connectivity index (χ0n) is 11.5. The minimum Gasteiger partial charge on any atom is -0.451 e. The average molecular weight is 374 g/mol.